The molecule has 2 N–H and O–H groups in total. The quantitative estimate of drug-likeness (QED) is 0.353. The second-order valence-electron chi connectivity index (χ2n) is 3.07. The summed E-state index contributed by atoms with van der Waals surface area (Å²) in [5.74, 6) is 5.40. The Balaban J connectivity index is 4.08. The highest BCUT2D eigenvalue weighted by atomic mass is 32.4. The molecular weight excluding hydrogens is 239 g/mol. The minimum Gasteiger partial charge on any atom is -0.298 e. The molecule has 0 fully saturated rings. The topological polar surface area (TPSA) is 55.6 Å². The van der Waals surface area contributed by atoms with Crippen LogP contribution < -0.4 is 5.84 Å². The van der Waals surface area contributed by atoms with E-state index in [0.29, 0.717) is 0 Å². The molecule has 7 heteroatoms. The zero-order valence-corrected chi connectivity index (χ0v) is 10.9. The van der Waals surface area contributed by atoms with Crippen molar-refractivity contribution in [1.29, 1.82) is 0 Å². The van der Waals surface area contributed by atoms with Crippen LogP contribution in [0.2, 0.25) is 0 Å². The Hall–Kier alpha value is -0.160. The van der Waals surface area contributed by atoms with Gasteiger partial charge in [-0.2, -0.15) is 0 Å². The summed E-state index contributed by atoms with van der Waals surface area (Å²) in [6, 6.07) is 0. The molecule has 0 aliphatic rings. The summed E-state index contributed by atoms with van der Waals surface area (Å²) in [7, 11) is 0. The molecule has 0 aromatic heterocycles. The molecule has 0 amide bonds. The van der Waals surface area contributed by atoms with Gasteiger partial charge in [0.15, 0.2) is 11.4 Å². The minimum absolute atomic E-state index is 0.0510. The highest BCUT2D eigenvalue weighted by Crippen LogP contribution is 2.29. The molecule has 0 aromatic rings. The van der Waals surface area contributed by atoms with Crippen molar-refractivity contribution in [1.82, 2.24) is 5.01 Å². The van der Waals surface area contributed by atoms with Crippen molar-refractivity contribution in [3.63, 3.8) is 0 Å². The highest BCUT2D eigenvalue weighted by molar-refractivity contribution is 8.03. The highest BCUT2D eigenvalue weighted by Gasteiger charge is 2.23. The lowest BCUT2D eigenvalue weighted by Crippen LogP contribution is -2.40. The summed E-state index contributed by atoms with van der Waals surface area (Å²) in [5, 5.41) is 1.19. The SMILES string of the molecule is CC(=O)CN(N)C(=S)O[P+](=S)C(C)C. The predicted octanol–water partition coefficient (Wildman–Crippen LogP) is 1.32. The van der Waals surface area contributed by atoms with Gasteiger partial charge in [-0.15, -0.1) is 0 Å². The Kier molecular flexibility index (Phi) is 6.27. The number of hydrogen-bond donors (Lipinski definition) is 1. The summed E-state index contributed by atoms with van der Waals surface area (Å²) in [5.41, 5.74) is 0.240. The number of ketones is 1. The van der Waals surface area contributed by atoms with E-state index in [1.807, 2.05) is 13.8 Å². The molecule has 0 heterocycles. The fourth-order valence-electron chi connectivity index (χ4n) is 0.539. The minimum atomic E-state index is -1.03. The molecule has 14 heavy (non-hydrogen) atoms. The Bertz CT molecular complexity index is 258. The van der Waals surface area contributed by atoms with Gasteiger partial charge in [0, 0.05) is 0 Å². The van der Waals surface area contributed by atoms with Crippen molar-refractivity contribution in [3.8, 4) is 0 Å². The van der Waals surface area contributed by atoms with Gasteiger partial charge in [0.1, 0.15) is 0 Å². The van der Waals surface area contributed by atoms with Crippen LogP contribution in [-0.2, 0) is 21.1 Å². The van der Waals surface area contributed by atoms with E-state index in [1.54, 1.807) is 0 Å². The molecule has 0 radical (unpaired) electrons. The Morgan fingerprint density at radius 2 is 2.14 bits per heavy atom. The number of nitrogens with two attached hydrogens (primary N) is 1. The van der Waals surface area contributed by atoms with Crippen molar-refractivity contribution in [3.05, 3.63) is 0 Å². The largest absolute Gasteiger partial charge is 0.394 e. The fraction of sp³-hybridized carbons (Fsp3) is 0.714. The van der Waals surface area contributed by atoms with Crippen LogP contribution in [0.5, 0.6) is 0 Å². The van der Waals surface area contributed by atoms with Crippen LogP contribution in [0.3, 0.4) is 0 Å². The summed E-state index contributed by atoms with van der Waals surface area (Å²) < 4.78 is 5.23. The number of nitrogens with zero attached hydrogens (tertiary/aromatic N) is 1. The number of rotatable bonds is 4. The van der Waals surface area contributed by atoms with Gasteiger partial charge in [0.25, 0.3) is 0 Å². The number of hydrazine groups is 1. The van der Waals surface area contributed by atoms with Crippen LogP contribution in [0.15, 0.2) is 0 Å². The van der Waals surface area contributed by atoms with Crippen molar-refractivity contribution < 1.29 is 9.32 Å². The van der Waals surface area contributed by atoms with Gasteiger partial charge in [-0.1, -0.05) is 0 Å². The van der Waals surface area contributed by atoms with Crippen molar-refractivity contribution in [2.45, 2.75) is 26.4 Å². The molecule has 0 saturated carbocycles. The standard InChI is InChI=1S/C7H14N2O2PS2/c1-5(2)12(14)11-7(13)9(8)4-6(3)10/h5H,4,8H2,1-3H3/q+1. The van der Waals surface area contributed by atoms with Crippen LogP contribution in [0, 0.1) is 0 Å². The molecule has 80 valence electrons. The zero-order valence-electron chi connectivity index (χ0n) is 8.39. The zero-order chi connectivity index (χ0) is 11.3. The van der Waals surface area contributed by atoms with Crippen LogP contribution in [-0.4, -0.2) is 28.2 Å². The van der Waals surface area contributed by atoms with Gasteiger partial charge >= 0.3 is 12.1 Å². The molecule has 1 atom stereocenters. The first-order chi connectivity index (χ1) is 6.34. The molecular formula is C7H14N2O2PS2+. The maximum atomic E-state index is 10.7. The van der Waals surface area contributed by atoms with E-state index in [2.05, 4.69) is 0 Å². The number of thiocarbonyl (C=S) groups is 1. The predicted molar refractivity (Wildman–Crippen MR) is 64.7 cm³/mol. The summed E-state index contributed by atoms with van der Waals surface area (Å²) in [4.78, 5) is 10.7. The Morgan fingerprint density at radius 3 is 2.50 bits per heavy atom. The van der Waals surface area contributed by atoms with Gasteiger partial charge in [-0.05, 0) is 33.0 Å². The lowest BCUT2D eigenvalue weighted by molar-refractivity contribution is -0.117. The third kappa shape index (κ3) is 5.54. The summed E-state index contributed by atoms with van der Waals surface area (Å²) >= 11 is 9.92. The third-order valence-corrected chi connectivity index (χ3v) is 4.34. The van der Waals surface area contributed by atoms with Crippen LogP contribution >= 0.6 is 19.1 Å². The van der Waals surface area contributed by atoms with E-state index < -0.39 is 6.92 Å². The van der Waals surface area contributed by atoms with E-state index >= 15 is 0 Å². The van der Waals surface area contributed by atoms with E-state index in [1.165, 1.54) is 6.92 Å². The van der Waals surface area contributed by atoms with Crippen molar-refractivity contribution >= 4 is 41.9 Å². The van der Waals surface area contributed by atoms with Gasteiger partial charge in [-0.3, -0.25) is 9.80 Å². The van der Waals surface area contributed by atoms with E-state index in [4.69, 9.17) is 34.4 Å². The smallest absolute Gasteiger partial charge is 0.298 e. The molecule has 0 aliphatic carbocycles. The summed E-state index contributed by atoms with van der Waals surface area (Å²) in [6.45, 7) is 4.36. The van der Waals surface area contributed by atoms with Crippen LogP contribution in [0.1, 0.15) is 20.8 Å². The molecule has 1 unspecified atom stereocenters. The average molecular weight is 253 g/mol. The number of Topliss-reactive ketones (excluding diaryl/α,β-unsaturated/α-hetero) is 1. The second-order valence-corrected chi connectivity index (χ2v) is 6.28. The van der Waals surface area contributed by atoms with E-state index in [-0.39, 0.29) is 23.2 Å². The fourth-order valence-corrected chi connectivity index (χ4v) is 1.67. The first kappa shape index (κ1) is 13.8. The maximum absolute atomic E-state index is 10.7. The number of hydrogen-bond acceptors (Lipinski definition) is 5. The van der Waals surface area contributed by atoms with Crippen LogP contribution in [0.4, 0.5) is 0 Å². The summed E-state index contributed by atoms with van der Waals surface area (Å²) in [6.07, 6.45) is 0. The van der Waals surface area contributed by atoms with E-state index in [0.717, 1.165) is 5.01 Å². The van der Waals surface area contributed by atoms with Gasteiger partial charge < -0.3 is 0 Å². The molecule has 0 rings (SSSR count). The lowest BCUT2D eigenvalue weighted by Gasteiger charge is -2.13. The second kappa shape index (κ2) is 6.35. The van der Waals surface area contributed by atoms with Crippen LogP contribution in [0.25, 0.3) is 0 Å². The molecule has 0 aromatic carbocycles. The molecule has 0 bridgehead atoms. The number of carbonyl (C=O) groups is 1. The van der Waals surface area contributed by atoms with Crippen molar-refractivity contribution in [2.75, 3.05) is 6.54 Å². The molecule has 0 spiro atoms. The maximum Gasteiger partial charge on any atom is 0.394 e. The first-order valence-corrected chi connectivity index (χ1v) is 6.79. The molecule has 0 saturated heterocycles. The third-order valence-electron chi connectivity index (χ3n) is 1.22. The Morgan fingerprint density at radius 1 is 1.64 bits per heavy atom. The van der Waals surface area contributed by atoms with Gasteiger partial charge in [-0.25, -0.2) is 10.4 Å². The first-order valence-electron chi connectivity index (χ1n) is 4.04. The molecule has 4 nitrogen and oxygen atoms in total. The van der Waals surface area contributed by atoms with Crippen molar-refractivity contribution in [2.24, 2.45) is 5.84 Å². The average Bonchev–Trinajstić information content (AvgIpc) is 2.02. The number of carbonyl (C=O) groups excluding carboxylic acids is 1. The molecule has 0 aliphatic heterocycles. The van der Waals surface area contributed by atoms with E-state index in [9.17, 15) is 4.79 Å². The monoisotopic (exact) mass is 253 g/mol. The Labute approximate surface area is 95.3 Å². The van der Waals surface area contributed by atoms with Gasteiger partial charge in [0.05, 0.1) is 6.54 Å². The van der Waals surface area contributed by atoms with Gasteiger partial charge in [0.2, 0.25) is 11.8 Å². The lowest BCUT2D eigenvalue weighted by atomic mass is 10.4. The normalized spacial score (nSPS) is 11.1.